The van der Waals surface area contributed by atoms with Crippen LogP contribution >= 0.6 is 0 Å². The highest BCUT2D eigenvalue weighted by molar-refractivity contribution is 7.91. The van der Waals surface area contributed by atoms with Crippen molar-refractivity contribution in [1.29, 1.82) is 0 Å². The molecule has 9 heteroatoms. The lowest BCUT2D eigenvalue weighted by molar-refractivity contribution is 0.485. The first-order valence-corrected chi connectivity index (χ1v) is 9.62. The van der Waals surface area contributed by atoms with E-state index >= 15 is 0 Å². The molecule has 2 aromatic rings. The molecule has 0 saturated heterocycles. The zero-order valence-corrected chi connectivity index (χ0v) is 13.3. The Balaban J connectivity index is 2.40. The molecule has 116 valence electrons. The molecule has 7 nitrogen and oxygen atoms in total. The average molecular weight is 331 g/mol. The predicted octanol–water partition coefficient (Wildman–Crippen LogP) is 0.415. The summed E-state index contributed by atoms with van der Waals surface area (Å²) in [6.45, 7) is -0.101. The Morgan fingerprint density at radius 1 is 1.24 bits per heavy atom. The summed E-state index contributed by atoms with van der Waals surface area (Å²) in [5, 5.41) is 0.487. The number of hydrogen-bond acceptors (Lipinski definition) is 5. The summed E-state index contributed by atoms with van der Waals surface area (Å²) < 4.78 is 48.4. The summed E-state index contributed by atoms with van der Waals surface area (Å²) in [6.07, 6.45) is 2.45. The highest BCUT2D eigenvalue weighted by Gasteiger charge is 2.25. The van der Waals surface area contributed by atoms with Gasteiger partial charge >= 0.3 is 0 Å². The lowest BCUT2D eigenvalue weighted by Crippen LogP contribution is -2.31. The van der Waals surface area contributed by atoms with Crippen molar-refractivity contribution in [2.24, 2.45) is 0 Å². The van der Waals surface area contributed by atoms with Gasteiger partial charge in [-0.3, -0.25) is 0 Å². The minimum atomic E-state index is -3.78. The van der Waals surface area contributed by atoms with Gasteiger partial charge in [-0.2, -0.15) is 4.31 Å². The number of nitrogens with one attached hydrogen (secondary N) is 1. The molecule has 1 aromatic carbocycles. The van der Waals surface area contributed by atoms with Crippen LogP contribution in [0, 0.1) is 0 Å². The van der Waals surface area contributed by atoms with Crippen molar-refractivity contribution in [2.45, 2.75) is 4.90 Å². The van der Waals surface area contributed by atoms with Gasteiger partial charge < -0.3 is 10.7 Å². The van der Waals surface area contributed by atoms with Crippen LogP contribution in [0.2, 0.25) is 0 Å². The topological polar surface area (TPSA) is 113 Å². The van der Waals surface area contributed by atoms with E-state index in [4.69, 9.17) is 5.73 Å². The van der Waals surface area contributed by atoms with Crippen LogP contribution in [0.3, 0.4) is 0 Å². The first-order chi connectivity index (χ1) is 9.61. The summed E-state index contributed by atoms with van der Waals surface area (Å²) in [7, 11) is -5.66. The standard InChI is InChI=1S/C12H17N3O4S2/c1-15(5-6-20(2,16)17)21(18,19)12-8-14-11-4-3-9(13)7-10(11)12/h3-4,7-8,14H,5-6,13H2,1-2H3. The minimum absolute atomic E-state index is 0.0841. The molecule has 21 heavy (non-hydrogen) atoms. The van der Waals surface area contributed by atoms with Crippen molar-refractivity contribution in [1.82, 2.24) is 9.29 Å². The molecular weight excluding hydrogens is 314 g/mol. The van der Waals surface area contributed by atoms with Gasteiger partial charge in [0.15, 0.2) is 0 Å². The smallest absolute Gasteiger partial charge is 0.244 e. The molecule has 0 amide bonds. The number of rotatable bonds is 5. The van der Waals surface area contributed by atoms with Crippen molar-refractivity contribution < 1.29 is 16.8 Å². The van der Waals surface area contributed by atoms with Crippen LogP contribution in [0.5, 0.6) is 0 Å². The molecule has 3 N–H and O–H groups in total. The van der Waals surface area contributed by atoms with Gasteiger partial charge in [0.2, 0.25) is 10.0 Å². The summed E-state index contributed by atoms with van der Waals surface area (Å²) in [6, 6.07) is 4.94. The number of hydrogen-bond donors (Lipinski definition) is 2. The molecule has 0 atom stereocenters. The maximum Gasteiger partial charge on any atom is 0.244 e. The van der Waals surface area contributed by atoms with Gasteiger partial charge in [0.25, 0.3) is 0 Å². The SMILES string of the molecule is CN(CCS(C)(=O)=O)S(=O)(=O)c1c[nH]c2ccc(N)cc12. The molecular formula is C12H17N3O4S2. The molecule has 1 heterocycles. The quantitative estimate of drug-likeness (QED) is 0.771. The van der Waals surface area contributed by atoms with E-state index in [1.54, 1.807) is 18.2 Å². The van der Waals surface area contributed by atoms with Gasteiger partial charge in [-0.15, -0.1) is 0 Å². The summed E-state index contributed by atoms with van der Waals surface area (Å²) in [5.74, 6) is -0.229. The predicted molar refractivity (Wildman–Crippen MR) is 82.2 cm³/mol. The molecule has 0 unspecified atom stereocenters. The molecule has 0 spiro atoms. The van der Waals surface area contributed by atoms with E-state index in [1.807, 2.05) is 0 Å². The zero-order valence-electron chi connectivity index (χ0n) is 11.7. The van der Waals surface area contributed by atoms with Gasteiger partial charge in [-0.1, -0.05) is 0 Å². The van der Waals surface area contributed by atoms with E-state index in [2.05, 4.69) is 4.98 Å². The van der Waals surface area contributed by atoms with E-state index in [9.17, 15) is 16.8 Å². The summed E-state index contributed by atoms with van der Waals surface area (Å²) in [4.78, 5) is 2.95. The lowest BCUT2D eigenvalue weighted by Gasteiger charge is -2.16. The van der Waals surface area contributed by atoms with Crippen LogP contribution in [0.25, 0.3) is 10.9 Å². The largest absolute Gasteiger partial charge is 0.399 e. The Morgan fingerprint density at radius 2 is 1.90 bits per heavy atom. The molecule has 0 radical (unpaired) electrons. The highest BCUT2D eigenvalue weighted by atomic mass is 32.2. The Kier molecular flexibility index (Phi) is 4.00. The molecule has 1 aromatic heterocycles. The van der Waals surface area contributed by atoms with E-state index in [1.165, 1.54) is 13.2 Å². The summed E-state index contributed by atoms with van der Waals surface area (Å²) in [5.41, 5.74) is 6.79. The van der Waals surface area contributed by atoms with Crippen LogP contribution in [0.4, 0.5) is 5.69 Å². The molecule has 0 aliphatic carbocycles. The number of nitrogens with two attached hydrogens (primary N) is 1. The maximum absolute atomic E-state index is 12.5. The summed E-state index contributed by atoms with van der Waals surface area (Å²) >= 11 is 0. The molecule has 0 aliphatic rings. The van der Waals surface area contributed by atoms with Crippen LogP contribution in [-0.4, -0.2) is 51.7 Å². The Bertz CT molecular complexity index is 869. The third-order valence-electron chi connectivity index (χ3n) is 3.13. The highest BCUT2D eigenvalue weighted by Crippen LogP contribution is 2.26. The molecule has 0 bridgehead atoms. The average Bonchev–Trinajstić information content (AvgIpc) is 2.78. The van der Waals surface area contributed by atoms with Crippen molar-refractivity contribution >= 4 is 36.5 Å². The van der Waals surface area contributed by atoms with Crippen molar-refractivity contribution in [3.63, 3.8) is 0 Å². The monoisotopic (exact) mass is 331 g/mol. The first kappa shape index (κ1) is 15.8. The lowest BCUT2D eigenvalue weighted by atomic mass is 10.2. The number of benzene rings is 1. The van der Waals surface area contributed by atoms with Crippen molar-refractivity contribution in [2.75, 3.05) is 31.3 Å². The normalized spacial score (nSPS) is 13.1. The van der Waals surface area contributed by atoms with Crippen LogP contribution in [0.1, 0.15) is 0 Å². The van der Waals surface area contributed by atoms with E-state index in [0.29, 0.717) is 16.6 Å². The third-order valence-corrected chi connectivity index (χ3v) is 5.95. The fourth-order valence-electron chi connectivity index (χ4n) is 1.91. The number of anilines is 1. The fraction of sp³-hybridized carbons (Fsp3) is 0.333. The number of nitrogens with zero attached hydrogens (tertiary/aromatic N) is 1. The van der Waals surface area contributed by atoms with Gasteiger partial charge in [0.1, 0.15) is 14.7 Å². The zero-order chi connectivity index (χ0) is 15.8. The molecule has 0 fully saturated rings. The Labute approximate surface area is 123 Å². The second kappa shape index (κ2) is 5.32. The Morgan fingerprint density at radius 3 is 2.52 bits per heavy atom. The third kappa shape index (κ3) is 3.36. The van der Waals surface area contributed by atoms with Gasteiger partial charge in [-0.25, -0.2) is 16.8 Å². The number of aromatic amines is 1. The van der Waals surface area contributed by atoms with Crippen LogP contribution in [-0.2, 0) is 19.9 Å². The second-order valence-corrected chi connectivity index (χ2v) is 9.19. The maximum atomic E-state index is 12.5. The molecule has 2 rings (SSSR count). The van der Waals surface area contributed by atoms with E-state index < -0.39 is 19.9 Å². The van der Waals surface area contributed by atoms with Gasteiger partial charge in [0.05, 0.1) is 5.75 Å². The van der Waals surface area contributed by atoms with Crippen LogP contribution in [0.15, 0.2) is 29.3 Å². The number of nitrogen functional groups attached to an aromatic ring is 1. The number of sulfonamides is 1. The second-order valence-electron chi connectivity index (χ2n) is 4.91. The van der Waals surface area contributed by atoms with Gasteiger partial charge in [-0.05, 0) is 18.2 Å². The van der Waals surface area contributed by atoms with Crippen LogP contribution < -0.4 is 5.73 Å². The number of H-pyrrole nitrogens is 1. The number of fused-ring (bicyclic) bond motifs is 1. The molecule has 0 saturated carbocycles. The van der Waals surface area contributed by atoms with E-state index in [0.717, 1.165) is 10.6 Å². The minimum Gasteiger partial charge on any atom is -0.399 e. The Hall–Kier alpha value is -1.58. The number of aromatic nitrogens is 1. The van der Waals surface area contributed by atoms with Gasteiger partial charge in [0, 0.05) is 42.6 Å². The van der Waals surface area contributed by atoms with Crippen molar-refractivity contribution in [3.8, 4) is 0 Å². The van der Waals surface area contributed by atoms with Crippen molar-refractivity contribution in [3.05, 3.63) is 24.4 Å². The first-order valence-electron chi connectivity index (χ1n) is 6.12. The fourth-order valence-corrected chi connectivity index (χ4v) is 3.95. The number of sulfone groups is 1. The van der Waals surface area contributed by atoms with E-state index in [-0.39, 0.29) is 17.2 Å². The molecule has 0 aliphatic heterocycles.